The minimum Gasteiger partial charge on any atom is -0.497 e. The molecule has 0 aliphatic carbocycles. The van der Waals surface area contributed by atoms with Crippen LogP contribution in [0.2, 0.25) is 0 Å². The van der Waals surface area contributed by atoms with Crippen LogP contribution < -0.4 is 4.74 Å². The quantitative estimate of drug-likeness (QED) is 0.793. The third-order valence-corrected chi connectivity index (χ3v) is 3.14. The average molecular weight is 268 g/mol. The number of carboxylic acid groups (broad SMARTS) is 1. The number of aromatic carboxylic acids is 1. The third kappa shape index (κ3) is 1.99. The van der Waals surface area contributed by atoms with E-state index in [4.69, 9.17) is 9.84 Å². The van der Waals surface area contributed by atoms with Crippen LogP contribution in [-0.4, -0.2) is 27.6 Å². The Morgan fingerprint density at radius 1 is 1.20 bits per heavy atom. The zero-order valence-corrected chi connectivity index (χ0v) is 10.8. The van der Waals surface area contributed by atoms with Crippen molar-refractivity contribution in [1.29, 1.82) is 0 Å². The second-order valence-corrected chi connectivity index (χ2v) is 4.32. The molecule has 1 aromatic carbocycles. The van der Waals surface area contributed by atoms with E-state index < -0.39 is 5.97 Å². The molecule has 0 bridgehead atoms. The van der Waals surface area contributed by atoms with Gasteiger partial charge in [-0.2, -0.15) is 0 Å². The third-order valence-electron chi connectivity index (χ3n) is 3.14. The first kappa shape index (κ1) is 12.2. The Balaban J connectivity index is 2.14. The van der Waals surface area contributed by atoms with Crippen LogP contribution in [0.3, 0.4) is 0 Å². The van der Waals surface area contributed by atoms with Crippen molar-refractivity contribution in [2.45, 2.75) is 0 Å². The zero-order chi connectivity index (χ0) is 14.1. The van der Waals surface area contributed by atoms with Gasteiger partial charge in [0.2, 0.25) is 0 Å². The average Bonchev–Trinajstić information content (AvgIpc) is 2.90. The summed E-state index contributed by atoms with van der Waals surface area (Å²) in [7, 11) is 1.61. The summed E-state index contributed by atoms with van der Waals surface area (Å²) in [5, 5.41) is 9.06. The highest BCUT2D eigenvalue weighted by Crippen LogP contribution is 2.23. The highest BCUT2D eigenvalue weighted by molar-refractivity contribution is 5.87. The van der Waals surface area contributed by atoms with E-state index in [0.717, 1.165) is 17.0 Å². The number of imidazole rings is 1. The summed E-state index contributed by atoms with van der Waals surface area (Å²) in [6.07, 6.45) is 3.30. The predicted molar refractivity (Wildman–Crippen MR) is 74.1 cm³/mol. The molecular weight excluding hydrogens is 256 g/mol. The number of pyridine rings is 1. The van der Waals surface area contributed by atoms with Crippen molar-refractivity contribution in [2.75, 3.05) is 7.11 Å². The van der Waals surface area contributed by atoms with E-state index in [9.17, 15) is 4.79 Å². The Morgan fingerprint density at radius 2 is 1.95 bits per heavy atom. The van der Waals surface area contributed by atoms with Crippen LogP contribution in [0.4, 0.5) is 0 Å². The number of ether oxygens (including phenoxy) is 1. The summed E-state index contributed by atoms with van der Waals surface area (Å²) in [6, 6.07) is 10.8. The van der Waals surface area contributed by atoms with Crippen molar-refractivity contribution < 1.29 is 14.6 Å². The lowest BCUT2D eigenvalue weighted by Gasteiger charge is -2.04. The van der Waals surface area contributed by atoms with E-state index in [2.05, 4.69) is 4.98 Å². The number of fused-ring (bicyclic) bond motifs is 1. The van der Waals surface area contributed by atoms with Crippen molar-refractivity contribution in [1.82, 2.24) is 9.38 Å². The molecule has 20 heavy (non-hydrogen) atoms. The van der Waals surface area contributed by atoms with Crippen LogP contribution in [0.25, 0.3) is 16.9 Å². The lowest BCUT2D eigenvalue weighted by Crippen LogP contribution is -1.99. The molecule has 3 aromatic rings. The first-order chi connectivity index (χ1) is 9.69. The lowest BCUT2D eigenvalue weighted by molar-refractivity contribution is 0.0696. The molecule has 2 heterocycles. The second-order valence-electron chi connectivity index (χ2n) is 4.32. The van der Waals surface area contributed by atoms with Gasteiger partial charge in [-0.15, -0.1) is 0 Å². The van der Waals surface area contributed by atoms with Crippen molar-refractivity contribution in [3.8, 4) is 17.0 Å². The van der Waals surface area contributed by atoms with Crippen LogP contribution in [0.5, 0.6) is 5.75 Å². The van der Waals surface area contributed by atoms with Gasteiger partial charge in [0.1, 0.15) is 11.4 Å². The Kier molecular flexibility index (Phi) is 2.87. The van der Waals surface area contributed by atoms with Gasteiger partial charge in [-0.3, -0.25) is 4.40 Å². The molecule has 0 aliphatic heterocycles. The van der Waals surface area contributed by atoms with Crippen molar-refractivity contribution in [3.63, 3.8) is 0 Å². The predicted octanol–water partition coefficient (Wildman–Crippen LogP) is 2.71. The van der Waals surface area contributed by atoms with Crippen LogP contribution >= 0.6 is 0 Å². The number of methoxy groups -OCH3 is 1. The number of carbonyl (C=O) groups is 1. The molecule has 5 heteroatoms. The fourth-order valence-corrected chi connectivity index (χ4v) is 2.08. The van der Waals surface area contributed by atoms with E-state index in [1.165, 1.54) is 0 Å². The smallest absolute Gasteiger partial charge is 0.337 e. The summed E-state index contributed by atoms with van der Waals surface area (Å²) >= 11 is 0. The highest BCUT2D eigenvalue weighted by Gasteiger charge is 2.09. The molecule has 0 radical (unpaired) electrons. The molecule has 0 fully saturated rings. The molecule has 2 aromatic heterocycles. The number of hydrogen-bond donors (Lipinski definition) is 1. The van der Waals surface area contributed by atoms with Crippen molar-refractivity contribution >= 4 is 11.6 Å². The fourth-order valence-electron chi connectivity index (χ4n) is 2.08. The molecule has 3 rings (SSSR count). The number of nitrogens with zero attached hydrogens (tertiary/aromatic N) is 2. The molecule has 1 N–H and O–H groups in total. The molecular formula is C15H12N2O3. The fraction of sp³-hybridized carbons (Fsp3) is 0.0667. The van der Waals surface area contributed by atoms with Gasteiger partial charge in [0, 0.05) is 11.8 Å². The molecule has 0 saturated carbocycles. The number of aromatic nitrogens is 2. The maximum Gasteiger partial charge on any atom is 0.337 e. The Labute approximate surface area is 115 Å². The van der Waals surface area contributed by atoms with E-state index in [1.54, 1.807) is 36.0 Å². The molecule has 100 valence electrons. The first-order valence-electron chi connectivity index (χ1n) is 6.04. The van der Waals surface area contributed by atoms with Gasteiger partial charge < -0.3 is 9.84 Å². The minimum atomic E-state index is -0.957. The van der Waals surface area contributed by atoms with E-state index >= 15 is 0 Å². The van der Waals surface area contributed by atoms with Gasteiger partial charge >= 0.3 is 5.97 Å². The van der Waals surface area contributed by atoms with Crippen molar-refractivity contribution in [3.05, 3.63) is 54.4 Å². The van der Waals surface area contributed by atoms with E-state index in [1.807, 2.05) is 24.3 Å². The topological polar surface area (TPSA) is 63.8 Å². The van der Waals surface area contributed by atoms with Gasteiger partial charge in [0.15, 0.2) is 0 Å². The molecule has 0 aliphatic rings. The van der Waals surface area contributed by atoms with Gasteiger partial charge in [0.05, 0.1) is 24.6 Å². The Morgan fingerprint density at radius 3 is 2.60 bits per heavy atom. The second kappa shape index (κ2) is 4.70. The minimum absolute atomic E-state index is 0.227. The molecule has 0 saturated heterocycles. The van der Waals surface area contributed by atoms with Crippen molar-refractivity contribution in [2.24, 2.45) is 0 Å². The number of hydrogen-bond acceptors (Lipinski definition) is 3. The zero-order valence-electron chi connectivity index (χ0n) is 10.8. The lowest BCUT2D eigenvalue weighted by atomic mass is 10.1. The van der Waals surface area contributed by atoms with Gasteiger partial charge in [-0.1, -0.05) is 0 Å². The Hall–Kier alpha value is -2.82. The van der Waals surface area contributed by atoms with Gasteiger partial charge in [-0.25, -0.2) is 9.78 Å². The SMILES string of the molecule is COc1ccc(-c2cnc3ccc(C(=O)O)cn23)cc1. The van der Waals surface area contributed by atoms with Crippen LogP contribution in [0.15, 0.2) is 48.8 Å². The molecule has 0 amide bonds. The van der Waals surface area contributed by atoms with E-state index in [-0.39, 0.29) is 5.56 Å². The molecule has 0 unspecified atom stereocenters. The normalized spacial score (nSPS) is 10.7. The molecule has 0 spiro atoms. The van der Waals surface area contributed by atoms with E-state index in [0.29, 0.717) is 5.65 Å². The molecule has 0 atom stereocenters. The van der Waals surface area contributed by atoms with Crippen LogP contribution in [-0.2, 0) is 0 Å². The summed E-state index contributed by atoms with van der Waals surface area (Å²) in [6.45, 7) is 0. The van der Waals surface area contributed by atoms with Crippen LogP contribution in [0, 0.1) is 0 Å². The van der Waals surface area contributed by atoms with Crippen LogP contribution in [0.1, 0.15) is 10.4 Å². The van der Waals surface area contributed by atoms with Gasteiger partial charge in [-0.05, 0) is 36.4 Å². The highest BCUT2D eigenvalue weighted by atomic mass is 16.5. The maximum absolute atomic E-state index is 11.0. The Bertz CT molecular complexity index is 775. The summed E-state index contributed by atoms with van der Waals surface area (Å²) in [5.74, 6) is -0.185. The standard InChI is InChI=1S/C15H12N2O3/c1-20-12-5-2-10(3-6-12)13-8-16-14-7-4-11(15(18)19)9-17(13)14/h2-9H,1H3,(H,18,19). The number of carboxylic acids is 1. The summed E-state index contributed by atoms with van der Waals surface area (Å²) < 4.78 is 6.89. The largest absolute Gasteiger partial charge is 0.497 e. The van der Waals surface area contributed by atoms with Gasteiger partial charge in [0.25, 0.3) is 0 Å². The monoisotopic (exact) mass is 268 g/mol. The maximum atomic E-state index is 11.0. The molecule has 5 nitrogen and oxygen atoms in total. The number of rotatable bonds is 3. The summed E-state index contributed by atoms with van der Waals surface area (Å²) in [5.41, 5.74) is 2.72. The first-order valence-corrected chi connectivity index (χ1v) is 6.04. The summed E-state index contributed by atoms with van der Waals surface area (Å²) in [4.78, 5) is 15.3. The number of benzene rings is 1.